The Kier molecular flexibility index (Phi) is 7.66. The molecule has 3 aliphatic heterocycles. The van der Waals surface area contributed by atoms with Crippen molar-refractivity contribution in [1.29, 1.82) is 0 Å². The van der Waals surface area contributed by atoms with Crippen LogP contribution in [0.1, 0.15) is 71.6 Å². The summed E-state index contributed by atoms with van der Waals surface area (Å²) in [6, 6.07) is 3.34. The minimum absolute atomic E-state index is 0.0136. The molecule has 1 atom stereocenters. The van der Waals surface area contributed by atoms with Crippen LogP contribution in [-0.2, 0) is 14.2 Å². The van der Waals surface area contributed by atoms with Gasteiger partial charge in [0.2, 0.25) is 0 Å². The lowest BCUT2D eigenvalue weighted by Gasteiger charge is -2.41. The van der Waals surface area contributed by atoms with E-state index in [9.17, 15) is 4.79 Å². The third-order valence-electron chi connectivity index (χ3n) is 7.04. The van der Waals surface area contributed by atoms with Gasteiger partial charge in [0.25, 0.3) is 0 Å². The highest BCUT2D eigenvalue weighted by molar-refractivity contribution is 5.99. The smallest absolute Gasteiger partial charge is 0.420 e. The molecule has 0 saturated carbocycles. The number of hydrogen-bond acceptors (Lipinski definition) is 9. The lowest BCUT2D eigenvalue weighted by molar-refractivity contribution is -0.0860. The predicted molar refractivity (Wildman–Crippen MR) is 149 cm³/mol. The van der Waals surface area contributed by atoms with Crippen LogP contribution in [0.15, 0.2) is 18.5 Å². The lowest BCUT2D eigenvalue weighted by Crippen LogP contribution is -2.47. The van der Waals surface area contributed by atoms with E-state index in [2.05, 4.69) is 19.8 Å². The van der Waals surface area contributed by atoms with Gasteiger partial charge in [0.1, 0.15) is 23.9 Å². The van der Waals surface area contributed by atoms with Crippen molar-refractivity contribution in [2.75, 3.05) is 55.9 Å². The van der Waals surface area contributed by atoms with Crippen LogP contribution in [-0.4, -0.2) is 78.3 Å². The maximum absolute atomic E-state index is 15.9. The van der Waals surface area contributed by atoms with Crippen LogP contribution >= 0.6 is 0 Å². The van der Waals surface area contributed by atoms with Crippen molar-refractivity contribution < 1.29 is 28.1 Å². The first-order chi connectivity index (χ1) is 18.8. The van der Waals surface area contributed by atoms with Gasteiger partial charge in [-0.05, 0) is 66.2 Å². The maximum Gasteiger partial charge on any atom is 0.420 e. The lowest BCUT2D eigenvalue weighted by atomic mass is 9.91. The number of benzene rings is 1. The Labute approximate surface area is 235 Å². The Morgan fingerprint density at radius 3 is 2.38 bits per heavy atom. The summed E-state index contributed by atoms with van der Waals surface area (Å²) in [7, 11) is 0. The third kappa shape index (κ3) is 6.01. The number of carbonyl (C=O) groups is 1. The minimum atomic E-state index is -0.784. The largest absolute Gasteiger partial charge is 0.480 e. The Morgan fingerprint density at radius 1 is 1.05 bits per heavy atom. The fraction of sp³-hybridized carbons (Fsp3) is 0.621. The number of likely N-dealkylation sites (tertiary alicyclic amines) is 1. The van der Waals surface area contributed by atoms with E-state index in [-0.39, 0.29) is 23.0 Å². The summed E-state index contributed by atoms with van der Waals surface area (Å²) in [6.45, 7) is 17.6. The summed E-state index contributed by atoms with van der Waals surface area (Å²) in [5.41, 5.74) is 0.623. The van der Waals surface area contributed by atoms with Gasteiger partial charge in [0.15, 0.2) is 17.4 Å². The highest BCUT2D eigenvalue weighted by Gasteiger charge is 2.40. The van der Waals surface area contributed by atoms with Crippen molar-refractivity contribution >= 4 is 23.4 Å². The molecule has 0 spiro atoms. The highest BCUT2D eigenvalue weighted by Crippen LogP contribution is 2.48. The summed E-state index contributed by atoms with van der Waals surface area (Å²) >= 11 is 0. The second kappa shape index (κ2) is 10.8. The predicted octanol–water partition coefficient (Wildman–Crippen LogP) is 5.15. The molecule has 0 N–H and O–H groups in total. The number of carbonyl (C=O) groups excluding carboxylic acids is 1. The van der Waals surface area contributed by atoms with Crippen LogP contribution in [0.25, 0.3) is 0 Å². The molecule has 0 radical (unpaired) electrons. The SMILES string of the molecule is CC1Oc2c(F)cc(C3CN(COC(C)(C)C)C3)cc2N(C(=O)OC(C)(C)C)c2ncnc(N3CCOCC3)c21. The molecule has 0 bridgehead atoms. The van der Waals surface area contributed by atoms with Gasteiger partial charge < -0.3 is 23.8 Å². The topological polar surface area (TPSA) is 89.5 Å². The number of amides is 1. The first-order valence-electron chi connectivity index (χ1n) is 13.9. The summed E-state index contributed by atoms with van der Waals surface area (Å²) in [5.74, 6) is 0.489. The van der Waals surface area contributed by atoms with E-state index in [1.165, 1.54) is 17.3 Å². The Balaban J connectivity index is 1.55. The van der Waals surface area contributed by atoms with Crippen molar-refractivity contribution in [3.8, 4) is 5.75 Å². The van der Waals surface area contributed by atoms with Gasteiger partial charge in [-0.1, -0.05) is 0 Å². The molecule has 0 aliphatic carbocycles. The van der Waals surface area contributed by atoms with Crippen molar-refractivity contribution in [2.24, 2.45) is 0 Å². The Hall–Kier alpha value is -3.02. The van der Waals surface area contributed by atoms with Gasteiger partial charge >= 0.3 is 6.09 Å². The van der Waals surface area contributed by atoms with E-state index in [0.717, 1.165) is 18.7 Å². The van der Waals surface area contributed by atoms with Crippen LogP contribution in [0.5, 0.6) is 5.75 Å². The first kappa shape index (κ1) is 28.5. The van der Waals surface area contributed by atoms with Crippen molar-refractivity contribution in [2.45, 2.75) is 71.7 Å². The molecule has 2 aromatic rings. The molecular formula is C29H40FN5O5. The number of morpholine rings is 1. The first-order valence-corrected chi connectivity index (χ1v) is 13.9. The van der Waals surface area contributed by atoms with Crippen molar-refractivity contribution in [3.05, 3.63) is 35.4 Å². The zero-order valence-corrected chi connectivity index (χ0v) is 24.5. The number of rotatable bonds is 4. The van der Waals surface area contributed by atoms with E-state index in [0.29, 0.717) is 50.2 Å². The third-order valence-corrected chi connectivity index (χ3v) is 7.04. The van der Waals surface area contributed by atoms with Crippen LogP contribution in [0.4, 0.5) is 26.5 Å². The fourth-order valence-electron chi connectivity index (χ4n) is 5.08. The van der Waals surface area contributed by atoms with Gasteiger partial charge in [-0.25, -0.2) is 24.1 Å². The molecule has 4 heterocycles. The number of nitrogens with zero attached hydrogens (tertiary/aromatic N) is 5. The fourth-order valence-corrected chi connectivity index (χ4v) is 5.08. The molecule has 218 valence electrons. The van der Waals surface area contributed by atoms with Crippen molar-refractivity contribution in [3.63, 3.8) is 0 Å². The van der Waals surface area contributed by atoms with E-state index in [1.54, 1.807) is 20.8 Å². The van der Waals surface area contributed by atoms with E-state index >= 15 is 4.39 Å². The number of hydrogen-bond donors (Lipinski definition) is 0. The van der Waals surface area contributed by atoms with E-state index in [1.807, 2.05) is 33.8 Å². The molecule has 40 heavy (non-hydrogen) atoms. The highest BCUT2D eigenvalue weighted by atomic mass is 19.1. The molecule has 2 saturated heterocycles. The van der Waals surface area contributed by atoms with Gasteiger partial charge in [0, 0.05) is 32.1 Å². The Bertz CT molecular complexity index is 1250. The average molecular weight is 558 g/mol. The van der Waals surface area contributed by atoms with Gasteiger partial charge in [-0.3, -0.25) is 4.90 Å². The maximum atomic E-state index is 15.9. The molecule has 1 amide bonds. The molecule has 2 fully saturated rings. The standard InChI is InChI=1S/C29H40FN5O5/c1-18-23-25(34-8-10-37-11-9-34)31-16-32-26(23)35(27(36)40-29(5,6)7)22-13-19(12-21(30)24(22)39-18)20-14-33(15-20)17-38-28(2,3)4/h12-13,16,18,20H,8-11,14-15,17H2,1-7H3. The molecule has 1 aromatic carbocycles. The van der Waals surface area contributed by atoms with Crippen LogP contribution in [0.2, 0.25) is 0 Å². The molecule has 3 aliphatic rings. The summed E-state index contributed by atoms with van der Waals surface area (Å²) in [4.78, 5) is 28.5. The molecule has 5 rings (SSSR count). The number of ether oxygens (including phenoxy) is 4. The van der Waals surface area contributed by atoms with Crippen LogP contribution < -0.4 is 14.5 Å². The summed E-state index contributed by atoms with van der Waals surface area (Å²) in [6.07, 6.45) is 0.136. The average Bonchev–Trinajstić information content (AvgIpc) is 2.96. The second-order valence-corrected chi connectivity index (χ2v) is 12.6. The zero-order valence-electron chi connectivity index (χ0n) is 24.5. The van der Waals surface area contributed by atoms with Gasteiger partial charge in [-0.15, -0.1) is 0 Å². The van der Waals surface area contributed by atoms with E-state index < -0.39 is 23.6 Å². The molecule has 10 nitrogen and oxygen atoms in total. The molecule has 11 heteroatoms. The number of halogens is 1. The molecule has 1 aromatic heterocycles. The monoisotopic (exact) mass is 557 g/mol. The minimum Gasteiger partial charge on any atom is -0.480 e. The van der Waals surface area contributed by atoms with Crippen LogP contribution in [0.3, 0.4) is 0 Å². The molecular weight excluding hydrogens is 517 g/mol. The summed E-state index contributed by atoms with van der Waals surface area (Å²) < 4.78 is 39.3. The van der Waals surface area contributed by atoms with Crippen molar-refractivity contribution in [1.82, 2.24) is 14.9 Å². The second-order valence-electron chi connectivity index (χ2n) is 12.6. The number of aromatic nitrogens is 2. The van der Waals surface area contributed by atoms with Gasteiger partial charge in [0.05, 0.1) is 36.8 Å². The quantitative estimate of drug-likeness (QED) is 0.506. The van der Waals surface area contributed by atoms with Crippen LogP contribution in [0, 0.1) is 5.82 Å². The van der Waals surface area contributed by atoms with Gasteiger partial charge in [-0.2, -0.15) is 0 Å². The number of anilines is 3. The normalized spacial score (nSPS) is 20.2. The summed E-state index contributed by atoms with van der Waals surface area (Å²) in [5, 5.41) is 0. The Morgan fingerprint density at radius 2 is 1.73 bits per heavy atom. The molecule has 1 unspecified atom stereocenters. The number of fused-ring (bicyclic) bond motifs is 2. The zero-order chi connectivity index (χ0) is 28.8. The van der Waals surface area contributed by atoms with E-state index in [4.69, 9.17) is 18.9 Å².